The van der Waals surface area contributed by atoms with Gasteiger partial charge in [-0.05, 0) is 88.8 Å². The van der Waals surface area contributed by atoms with Gasteiger partial charge in [0, 0.05) is 26.2 Å². The lowest BCUT2D eigenvalue weighted by Gasteiger charge is -2.31. The number of rotatable bonds is 2. The van der Waals surface area contributed by atoms with E-state index in [1.165, 1.54) is 11.0 Å². The summed E-state index contributed by atoms with van der Waals surface area (Å²) in [4.78, 5) is 27.2. The highest BCUT2D eigenvalue weighted by Gasteiger charge is 2.49. The number of aromatic hydroxyl groups is 1. The van der Waals surface area contributed by atoms with Gasteiger partial charge >= 0.3 is 27.8 Å². The molecule has 4 rings (SSSR count). The van der Waals surface area contributed by atoms with Gasteiger partial charge < -0.3 is 28.6 Å². The molecule has 2 amide bonds. The second-order valence-electron chi connectivity index (χ2n) is 12.3. The number of benzene rings is 2. The third kappa shape index (κ3) is 9.46. The van der Waals surface area contributed by atoms with Crippen LogP contribution in [0.2, 0.25) is 10.0 Å². The molecule has 0 unspecified atom stereocenters. The van der Waals surface area contributed by atoms with E-state index in [1.807, 2.05) is 20.8 Å². The second kappa shape index (κ2) is 13.3. The summed E-state index contributed by atoms with van der Waals surface area (Å²) in [5, 5.41) is 9.73. The second-order valence-corrected chi connectivity index (χ2v) is 14.6. The van der Waals surface area contributed by atoms with E-state index in [9.17, 15) is 36.3 Å². The third-order valence-electron chi connectivity index (χ3n) is 6.40. The van der Waals surface area contributed by atoms with E-state index in [0.717, 1.165) is 17.2 Å². The van der Waals surface area contributed by atoms with Crippen LogP contribution in [0.5, 0.6) is 11.5 Å². The van der Waals surface area contributed by atoms with Gasteiger partial charge in [0.1, 0.15) is 17.0 Å². The Morgan fingerprint density at radius 1 is 0.778 bits per heavy atom. The Morgan fingerprint density at radius 3 is 1.62 bits per heavy atom. The Bertz CT molecular complexity index is 1550. The van der Waals surface area contributed by atoms with Crippen molar-refractivity contribution in [3.63, 3.8) is 0 Å². The number of hydrogen-bond donors (Lipinski definition) is 1. The molecule has 0 saturated heterocycles. The van der Waals surface area contributed by atoms with E-state index < -0.39 is 38.7 Å². The number of amides is 2. The fourth-order valence-corrected chi connectivity index (χ4v) is 5.49. The van der Waals surface area contributed by atoms with Gasteiger partial charge in [0.15, 0.2) is 5.75 Å². The Labute approximate surface area is 270 Å². The van der Waals surface area contributed by atoms with Crippen LogP contribution in [0.3, 0.4) is 0 Å². The van der Waals surface area contributed by atoms with Gasteiger partial charge in [-0.25, -0.2) is 9.59 Å². The van der Waals surface area contributed by atoms with Crippen molar-refractivity contribution in [2.24, 2.45) is 0 Å². The molecule has 0 saturated carbocycles. The summed E-state index contributed by atoms with van der Waals surface area (Å²) in [6.07, 6.45) is -0.0000260. The molecule has 45 heavy (non-hydrogen) atoms. The van der Waals surface area contributed by atoms with Gasteiger partial charge in [0.2, 0.25) is 0 Å². The molecule has 0 fully saturated rings. The van der Waals surface area contributed by atoms with Crippen molar-refractivity contribution in [3.05, 3.63) is 56.6 Å². The lowest BCUT2D eigenvalue weighted by atomic mass is 9.99. The molecule has 2 aliphatic rings. The van der Waals surface area contributed by atoms with Crippen molar-refractivity contribution in [1.82, 2.24) is 9.80 Å². The van der Waals surface area contributed by atoms with Crippen LogP contribution >= 0.6 is 23.2 Å². The maximum Gasteiger partial charge on any atom is 0.534 e. The zero-order chi connectivity index (χ0) is 34.1. The molecule has 0 bridgehead atoms. The monoisotopic (exact) mass is 698 g/mol. The number of hydrogen-bond acceptors (Lipinski definition) is 8. The Morgan fingerprint density at radius 2 is 1.20 bits per heavy atom. The molecule has 0 radical (unpaired) electrons. The van der Waals surface area contributed by atoms with Crippen molar-refractivity contribution in [2.75, 3.05) is 13.1 Å². The van der Waals surface area contributed by atoms with E-state index in [0.29, 0.717) is 35.7 Å². The molecule has 10 nitrogen and oxygen atoms in total. The number of fused-ring (bicyclic) bond motifs is 2. The van der Waals surface area contributed by atoms with E-state index in [2.05, 4.69) is 4.18 Å². The van der Waals surface area contributed by atoms with Gasteiger partial charge in [-0.2, -0.15) is 21.6 Å². The Balaban J connectivity index is 0.000000257. The Kier molecular flexibility index (Phi) is 10.8. The highest BCUT2D eigenvalue weighted by atomic mass is 35.5. The summed E-state index contributed by atoms with van der Waals surface area (Å²) < 4.78 is 74.4. The van der Waals surface area contributed by atoms with Gasteiger partial charge in [0.05, 0.1) is 10.0 Å². The van der Waals surface area contributed by atoms with E-state index >= 15 is 0 Å². The summed E-state index contributed by atoms with van der Waals surface area (Å²) in [5.41, 5.74) is -3.84. The number of carbonyl (C=O) groups is 2. The predicted molar refractivity (Wildman–Crippen MR) is 161 cm³/mol. The van der Waals surface area contributed by atoms with Crippen molar-refractivity contribution >= 4 is 45.5 Å². The average Bonchev–Trinajstić information content (AvgIpc) is 2.90. The van der Waals surface area contributed by atoms with Crippen LogP contribution in [0.25, 0.3) is 0 Å². The van der Waals surface area contributed by atoms with E-state index in [4.69, 9.17) is 32.7 Å². The first kappa shape index (κ1) is 36.4. The number of alkyl halides is 3. The molecule has 0 aliphatic carbocycles. The van der Waals surface area contributed by atoms with Gasteiger partial charge in [0.25, 0.3) is 0 Å². The molecule has 250 valence electrons. The largest absolute Gasteiger partial charge is 0.534 e. The fraction of sp³-hybridized carbons (Fsp3) is 0.517. The first-order valence-corrected chi connectivity index (χ1v) is 15.9. The quantitative estimate of drug-likeness (QED) is 0.258. The van der Waals surface area contributed by atoms with E-state index in [-0.39, 0.29) is 36.4 Å². The number of nitrogens with zero attached hydrogens (tertiary/aromatic N) is 2. The van der Waals surface area contributed by atoms with Crippen LogP contribution < -0.4 is 4.18 Å². The van der Waals surface area contributed by atoms with Crippen LogP contribution in [0.15, 0.2) is 24.3 Å². The van der Waals surface area contributed by atoms with Crippen molar-refractivity contribution in [1.29, 1.82) is 0 Å². The number of phenolic OH excluding ortho intramolecular Hbond substituents is 1. The first-order valence-electron chi connectivity index (χ1n) is 13.7. The minimum absolute atomic E-state index is 0.0890. The van der Waals surface area contributed by atoms with Crippen molar-refractivity contribution in [2.45, 2.75) is 84.2 Å². The van der Waals surface area contributed by atoms with Crippen LogP contribution in [0.1, 0.15) is 63.8 Å². The molecule has 2 aliphatic heterocycles. The smallest absolute Gasteiger partial charge is 0.506 e. The van der Waals surface area contributed by atoms with Gasteiger partial charge in [-0.1, -0.05) is 35.3 Å². The fourth-order valence-electron chi connectivity index (χ4n) is 4.38. The molecular weight excluding hydrogens is 664 g/mol. The summed E-state index contributed by atoms with van der Waals surface area (Å²) >= 11 is 12.1. The maximum atomic E-state index is 12.5. The first-order chi connectivity index (χ1) is 20.5. The minimum atomic E-state index is -5.81. The summed E-state index contributed by atoms with van der Waals surface area (Å²) in [6, 6.07) is 5.76. The zero-order valence-electron chi connectivity index (χ0n) is 25.5. The number of carbonyl (C=O) groups excluding carboxylic acids is 2. The molecule has 0 spiro atoms. The number of halogens is 5. The van der Waals surface area contributed by atoms with E-state index in [1.54, 1.807) is 37.8 Å². The standard InChI is InChI=1S/C15H17ClF3NO5S.C14H18ClNO3/c1-14(2,3)24-13(21)20-7-6-10-9(8-20)4-5-11(12(10)16)25-26(22,23)15(17,18)19;1-14(2,3)19-13(18)16-7-6-10-9(8-16)4-5-11(17)12(10)15/h4-5H,6-8H2,1-3H3;4-5,17H,6-8H2,1-3H3. The maximum absolute atomic E-state index is 12.5. The van der Waals surface area contributed by atoms with Crippen LogP contribution in [0.4, 0.5) is 22.8 Å². The normalized spacial score (nSPS) is 15.3. The molecule has 1 N–H and O–H groups in total. The summed E-state index contributed by atoms with van der Waals surface area (Å²) in [7, 11) is -5.81. The predicted octanol–water partition coefficient (Wildman–Crippen LogP) is 7.20. The molecule has 2 aromatic rings. The van der Waals surface area contributed by atoms with Crippen LogP contribution in [0, 0.1) is 0 Å². The molecule has 0 atom stereocenters. The van der Waals surface area contributed by atoms with Crippen LogP contribution in [-0.2, 0) is 45.5 Å². The van der Waals surface area contributed by atoms with Gasteiger partial charge in [-0.3, -0.25) is 0 Å². The lowest BCUT2D eigenvalue weighted by molar-refractivity contribution is -0.0500. The Hall–Kier alpha value is -3.10. The number of ether oxygens (including phenoxy) is 2. The summed E-state index contributed by atoms with van der Waals surface area (Å²) in [5.74, 6) is -0.514. The van der Waals surface area contributed by atoms with Gasteiger partial charge in [-0.15, -0.1) is 0 Å². The van der Waals surface area contributed by atoms with Crippen molar-refractivity contribution < 1.29 is 49.9 Å². The molecular formula is C29H35Cl2F3N2O8S. The van der Waals surface area contributed by atoms with Crippen molar-refractivity contribution in [3.8, 4) is 11.5 Å². The topological polar surface area (TPSA) is 123 Å². The molecule has 2 heterocycles. The highest BCUT2D eigenvalue weighted by Crippen LogP contribution is 2.37. The molecule has 2 aromatic carbocycles. The zero-order valence-corrected chi connectivity index (χ0v) is 27.9. The average molecular weight is 700 g/mol. The van der Waals surface area contributed by atoms with Crippen LogP contribution in [-0.4, -0.2) is 65.3 Å². The SMILES string of the molecule is CC(C)(C)OC(=O)N1CCc2c(ccc(O)c2Cl)C1.CC(C)(C)OC(=O)N1CCc2c(ccc(OS(=O)(=O)C(F)(F)F)c2Cl)C1. The third-order valence-corrected chi connectivity index (χ3v) is 8.20. The number of phenols is 1. The minimum Gasteiger partial charge on any atom is -0.506 e. The highest BCUT2D eigenvalue weighted by molar-refractivity contribution is 7.88. The molecule has 16 heteroatoms. The molecule has 0 aromatic heterocycles. The summed E-state index contributed by atoms with van der Waals surface area (Å²) in [6.45, 7) is 12.1. The lowest BCUT2D eigenvalue weighted by Crippen LogP contribution is -2.40.